The Balaban J connectivity index is 1.55. The molecule has 3 aromatic rings. The number of hydrogen-bond acceptors (Lipinski definition) is 5. The van der Waals surface area contributed by atoms with Crippen LogP contribution in [0.25, 0.3) is 11.3 Å². The Labute approximate surface area is 193 Å². The highest BCUT2D eigenvalue weighted by Crippen LogP contribution is 2.30. The number of nitrogens with zero attached hydrogens (tertiary/aromatic N) is 3. The molecule has 0 radical (unpaired) electrons. The van der Waals surface area contributed by atoms with Gasteiger partial charge in [0, 0.05) is 35.7 Å². The van der Waals surface area contributed by atoms with E-state index in [4.69, 9.17) is 11.6 Å². The predicted molar refractivity (Wildman–Crippen MR) is 132 cm³/mol. The first-order valence-electron chi connectivity index (χ1n) is 10.7. The van der Waals surface area contributed by atoms with Gasteiger partial charge in [0.2, 0.25) is 11.9 Å². The first-order valence-corrected chi connectivity index (χ1v) is 11.1. The van der Waals surface area contributed by atoms with Gasteiger partial charge in [-0.25, -0.2) is 9.97 Å². The second-order valence-electron chi connectivity index (χ2n) is 8.01. The number of amides is 1. The number of benzene rings is 2. The van der Waals surface area contributed by atoms with Gasteiger partial charge in [0.05, 0.1) is 16.9 Å². The second kappa shape index (κ2) is 9.83. The van der Waals surface area contributed by atoms with Crippen LogP contribution in [0.1, 0.15) is 19.8 Å². The summed E-state index contributed by atoms with van der Waals surface area (Å²) >= 11 is 6.39. The summed E-state index contributed by atoms with van der Waals surface area (Å²) in [4.78, 5) is 23.0. The van der Waals surface area contributed by atoms with Crippen LogP contribution >= 0.6 is 11.6 Å². The molecule has 2 aromatic carbocycles. The molecule has 2 heterocycles. The van der Waals surface area contributed by atoms with Gasteiger partial charge < -0.3 is 15.5 Å². The lowest BCUT2D eigenvalue weighted by atomic mass is 9.99. The molecule has 164 valence electrons. The van der Waals surface area contributed by atoms with Gasteiger partial charge >= 0.3 is 0 Å². The molecule has 0 aliphatic carbocycles. The smallest absolute Gasteiger partial charge is 0.247 e. The average molecular weight is 448 g/mol. The molecular weight excluding hydrogens is 422 g/mol. The summed E-state index contributed by atoms with van der Waals surface area (Å²) in [6.45, 7) is 7.94. The van der Waals surface area contributed by atoms with E-state index in [0.29, 0.717) is 22.4 Å². The zero-order chi connectivity index (χ0) is 22.5. The maximum absolute atomic E-state index is 11.6. The molecule has 0 atom stereocenters. The standard InChI is InChI=1S/C25H26ClN5O/c1-3-23(32)28-19-7-4-6-18(14-19)24-22(26)16-27-25(30-24)29-20-8-5-9-21(15-20)31-12-10-17(2)11-13-31/h3-9,14-17H,1,10-13H2,2H3,(H,28,32)(H,27,29,30). The van der Waals surface area contributed by atoms with Crippen LogP contribution in [0, 0.1) is 5.92 Å². The molecule has 1 aliphatic heterocycles. The Morgan fingerprint density at radius 2 is 1.91 bits per heavy atom. The minimum Gasteiger partial charge on any atom is -0.371 e. The quantitative estimate of drug-likeness (QED) is 0.460. The molecule has 0 saturated carbocycles. The van der Waals surface area contributed by atoms with Crippen molar-refractivity contribution in [2.75, 3.05) is 28.6 Å². The van der Waals surface area contributed by atoms with Crippen molar-refractivity contribution in [3.8, 4) is 11.3 Å². The fourth-order valence-electron chi connectivity index (χ4n) is 3.74. The van der Waals surface area contributed by atoms with Crippen LogP contribution in [0.2, 0.25) is 5.02 Å². The van der Waals surface area contributed by atoms with Crippen molar-refractivity contribution < 1.29 is 4.79 Å². The van der Waals surface area contributed by atoms with Crippen molar-refractivity contribution in [1.29, 1.82) is 0 Å². The number of piperidine rings is 1. The van der Waals surface area contributed by atoms with E-state index in [2.05, 4.69) is 51.1 Å². The molecule has 0 bridgehead atoms. The minimum absolute atomic E-state index is 0.277. The van der Waals surface area contributed by atoms with Crippen molar-refractivity contribution >= 4 is 40.5 Å². The molecule has 6 nitrogen and oxygen atoms in total. The van der Waals surface area contributed by atoms with E-state index in [9.17, 15) is 4.79 Å². The van der Waals surface area contributed by atoms with Gasteiger partial charge in [-0.3, -0.25) is 4.79 Å². The van der Waals surface area contributed by atoms with E-state index in [1.54, 1.807) is 12.3 Å². The van der Waals surface area contributed by atoms with Crippen LogP contribution < -0.4 is 15.5 Å². The van der Waals surface area contributed by atoms with Gasteiger partial charge in [-0.05, 0) is 55.2 Å². The number of anilines is 4. The monoisotopic (exact) mass is 447 g/mol. The van der Waals surface area contributed by atoms with Gasteiger partial charge in [-0.1, -0.05) is 43.3 Å². The van der Waals surface area contributed by atoms with Crippen molar-refractivity contribution in [3.05, 3.63) is 72.4 Å². The van der Waals surface area contributed by atoms with Gasteiger partial charge in [0.25, 0.3) is 0 Å². The highest BCUT2D eigenvalue weighted by atomic mass is 35.5. The zero-order valence-electron chi connectivity index (χ0n) is 18.0. The van der Waals surface area contributed by atoms with Crippen LogP contribution in [0.5, 0.6) is 0 Å². The van der Waals surface area contributed by atoms with Gasteiger partial charge in [-0.15, -0.1) is 0 Å². The lowest BCUT2D eigenvalue weighted by Crippen LogP contribution is -2.32. The first-order chi connectivity index (χ1) is 15.5. The number of nitrogens with one attached hydrogen (secondary N) is 2. The molecule has 0 unspecified atom stereocenters. The van der Waals surface area contributed by atoms with Crippen LogP contribution in [0.15, 0.2) is 67.4 Å². The zero-order valence-corrected chi connectivity index (χ0v) is 18.8. The Kier molecular flexibility index (Phi) is 6.71. The molecular formula is C25H26ClN5O. The Morgan fingerprint density at radius 1 is 1.16 bits per heavy atom. The third-order valence-electron chi connectivity index (χ3n) is 5.58. The molecule has 4 rings (SSSR count). The highest BCUT2D eigenvalue weighted by Gasteiger charge is 2.16. The van der Waals surface area contributed by atoms with E-state index in [-0.39, 0.29) is 5.91 Å². The Bertz CT molecular complexity index is 1120. The third kappa shape index (κ3) is 5.26. The summed E-state index contributed by atoms with van der Waals surface area (Å²) in [5.74, 6) is 0.965. The predicted octanol–water partition coefficient (Wildman–Crippen LogP) is 5.90. The van der Waals surface area contributed by atoms with Gasteiger partial charge in [0.1, 0.15) is 0 Å². The summed E-state index contributed by atoms with van der Waals surface area (Å²) in [5, 5.41) is 6.48. The first kappa shape index (κ1) is 21.8. The molecule has 0 spiro atoms. The maximum Gasteiger partial charge on any atom is 0.247 e. The van der Waals surface area contributed by atoms with E-state index >= 15 is 0 Å². The molecule has 2 N–H and O–H groups in total. The normalized spacial score (nSPS) is 14.1. The topological polar surface area (TPSA) is 70.2 Å². The van der Waals surface area contributed by atoms with E-state index < -0.39 is 0 Å². The van der Waals surface area contributed by atoms with Crippen LogP contribution in [0.4, 0.5) is 23.0 Å². The number of aromatic nitrogens is 2. The summed E-state index contributed by atoms with van der Waals surface area (Å²) in [6, 6.07) is 15.6. The van der Waals surface area contributed by atoms with Crippen LogP contribution in [-0.2, 0) is 4.79 Å². The highest BCUT2D eigenvalue weighted by molar-refractivity contribution is 6.33. The SMILES string of the molecule is C=CC(=O)Nc1cccc(-c2nc(Nc3cccc(N4CCC(C)CC4)c3)ncc2Cl)c1. The number of carbonyl (C=O) groups is 1. The van der Waals surface area contributed by atoms with Gasteiger partial charge in [0.15, 0.2) is 0 Å². The summed E-state index contributed by atoms with van der Waals surface area (Å²) < 4.78 is 0. The summed E-state index contributed by atoms with van der Waals surface area (Å²) in [7, 11) is 0. The van der Waals surface area contributed by atoms with Crippen LogP contribution in [-0.4, -0.2) is 29.0 Å². The van der Waals surface area contributed by atoms with Crippen molar-refractivity contribution in [3.63, 3.8) is 0 Å². The molecule has 1 aliphatic rings. The molecule has 1 aromatic heterocycles. The summed E-state index contributed by atoms with van der Waals surface area (Å²) in [5.41, 5.74) is 4.11. The number of halogens is 1. The second-order valence-corrected chi connectivity index (χ2v) is 8.42. The van der Waals surface area contributed by atoms with Crippen molar-refractivity contribution in [2.24, 2.45) is 5.92 Å². The van der Waals surface area contributed by atoms with Gasteiger partial charge in [-0.2, -0.15) is 0 Å². The van der Waals surface area contributed by atoms with E-state index in [1.807, 2.05) is 30.3 Å². The Hall–Kier alpha value is -3.38. The molecule has 7 heteroatoms. The molecule has 32 heavy (non-hydrogen) atoms. The number of carbonyl (C=O) groups excluding carboxylic acids is 1. The number of rotatable bonds is 6. The average Bonchev–Trinajstić information content (AvgIpc) is 2.81. The lowest BCUT2D eigenvalue weighted by molar-refractivity contribution is -0.111. The molecule has 1 saturated heterocycles. The Morgan fingerprint density at radius 3 is 2.69 bits per heavy atom. The van der Waals surface area contributed by atoms with E-state index in [0.717, 1.165) is 30.3 Å². The largest absolute Gasteiger partial charge is 0.371 e. The third-order valence-corrected chi connectivity index (χ3v) is 5.86. The fraction of sp³-hybridized carbons (Fsp3) is 0.240. The van der Waals surface area contributed by atoms with E-state index in [1.165, 1.54) is 24.6 Å². The molecule has 1 amide bonds. The lowest BCUT2D eigenvalue weighted by Gasteiger charge is -2.32. The fourth-order valence-corrected chi connectivity index (χ4v) is 3.94. The molecule has 1 fully saturated rings. The van der Waals surface area contributed by atoms with Crippen molar-refractivity contribution in [1.82, 2.24) is 9.97 Å². The van der Waals surface area contributed by atoms with Crippen molar-refractivity contribution in [2.45, 2.75) is 19.8 Å². The minimum atomic E-state index is -0.277. The van der Waals surface area contributed by atoms with Crippen LogP contribution in [0.3, 0.4) is 0 Å². The maximum atomic E-state index is 11.6. The number of hydrogen-bond donors (Lipinski definition) is 2. The summed E-state index contributed by atoms with van der Waals surface area (Å²) in [6.07, 6.45) is 5.24.